The number of hydrogen-bond acceptors (Lipinski definition) is 6. The van der Waals surface area contributed by atoms with Crippen LogP contribution in [0.2, 0.25) is 0 Å². The van der Waals surface area contributed by atoms with Crippen molar-refractivity contribution in [2.45, 2.75) is 50.4 Å². The molecule has 1 amide bonds. The minimum absolute atomic E-state index is 0.0557. The number of carbonyl (C=O) groups is 1. The van der Waals surface area contributed by atoms with Gasteiger partial charge in [-0.15, -0.1) is 0 Å². The quantitative estimate of drug-likeness (QED) is 0.249. The summed E-state index contributed by atoms with van der Waals surface area (Å²) >= 11 is 5.28. The Morgan fingerprint density at radius 2 is 2.16 bits per heavy atom. The highest BCUT2D eigenvalue weighted by molar-refractivity contribution is 7.80. The predicted molar refractivity (Wildman–Crippen MR) is 99.8 cm³/mol. The van der Waals surface area contributed by atoms with Gasteiger partial charge in [-0.2, -0.15) is 0 Å². The molecule has 6 N–H and O–H groups in total. The Bertz CT molecular complexity index is 460. The number of nitrogens with one attached hydrogen (secondary N) is 6. The largest absolute Gasteiger partial charge is 0.376 e. The van der Waals surface area contributed by atoms with Gasteiger partial charge >= 0.3 is 0 Å². The lowest BCUT2D eigenvalue weighted by Gasteiger charge is -2.42. The molecule has 3 rings (SSSR count). The Labute approximate surface area is 154 Å². The van der Waals surface area contributed by atoms with Crippen molar-refractivity contribution in [2.24, 2.45) is 5.92 Å². The molecule has 0 aromatic heterocycles. The van der Waals surface area contributed by atoms with Crippen molar-refractivity contribution in [2.75, 3.05) is 32.8 Å². The summed E-state index contributed by atoms with van der Waals surface area (Å²) in [4.78, 5) is 11.9. The van der Waals surface area contributed by atoms with Gasteiger partial charge in [0.1, 0.15) is 0 Å². The van der Waals surface area contributed by atoms with Crippen LogP contribution >= 0.6 is 12.2 Å². The fourth-order valence-electron chi connectivity index (χ4n) is 3.69. The molecular formula is C16H30N6O2S. The fraction of sp³-hybridized carbons (Fsp3) is 0.875. The third kappa shape index (κ3) is 5.49. The number of amides is 1. The van der Waals surface area contributed by atoms with E-state index in [0.717, 1.165) is 64.9 Å². The maximum atomic E-state index is 11.9. The molecule has 3 saturated heterocycles. The maximum Gasteiger partial charge on any atom is 0.238 e. The molecule has 4 atom stereocenters. The average Bonchev–Trinajstić information content (AvgIpc) is 3.15. The Kier molecular flexibility index (Phi) is 7.23. The van der Waals surface area contributed by atoms with Crippen molar-refractivity contribution in [3.8, 4) is 0 Å². The second-order valence-corrected chi connectivity index (χ2v) is 7.33. The van der Waals surface area contributed by atoms with Crippen molar-refractivity contribution in [3.63, 3.8) is 0 Å². The van der Waals surface area contributed by atoms with Crippen LogP contribution < -0.4 is 32.1 Å². The number of rotatable bonds is 7. The number of hydrogen-bond donors (Lipinski definition) is 6. The van der Waals surface area contributed by atoms with E-state index in [1.54, 1.807) is 0 Å². The van der Waals surface area contributed by atoms with Crippen molar-refractivity contribution in [1.29, 1.82) is 0 Å². The summed E-state index contributed by atoms with van der Waals surface area (Å²) in [6.07, 6.45) is 5.57. The highest BCUT2D eigenvalue weighted by Gasteiger charge is 2.39. The summed E-state index contributed by atoms with van der Waals surface area (Å²) in [5.41, 5.74) is 5.86. The highest BCUT2D eigenvalue weighted by Crippen LogP contribution is 2.20. The van der Waals surface area contributed by atoms with E-state index >= 15 is 0 Å². The lowest BCUT2D eigenvalue weighted by Crippen LogP contribution is -2.71. The number of fused-ring (bicyclic) bond motifs is 1. The van der Waals surface area contributed by atoms with Crippen LogP contribution in [0.15, 0.2) is 0 Å². The molecule has 0 radical (unpaired) electrons. The second-order valence-electron chi connectivity index (χ2n) is 6.92. The summed E-state index contributed by atoms with van der Waals surface area (Å²) in [5.74, 6) is 0.153. The number of carbonyl (C=O) groups excluding carboxylic acids is 1. The molecule has 3 aliphatic heterocycles. The minimum Gasteiger partial charge on any atom is -0.376 e. The molecule has 3 aliphatic rings. The second kappa shape index (κ2) is 9.63. The first-order chi connectivity index (χ1) is 12.2. The van der Waals surface area contributed by atoms with Gasteiger partial charge in [0.05, 0.1) is 18.2 Å². The molecular weight excluding hydrogens is 340 g/mol. The third-order valence-electron chi connectivity index (χ3n) is 5.07. The summed E-state index contributed by atoms with van der Waals surface area (Å²) in [7, 11) is 0. The normalized spacial score (nSPS) is 31.9. The van der Waals surface area contributed by atoms with Gasteiger partial charge in [-0.1, -0.05) is 0 Å². The lowest BCUT2D eigenvalue weighted by molar-refractivity contribution is -0.131. The molecule has 0 aromatic carbocycles. The van der Waals surface area contributed by atoms with Gasteiger partial charge in [0.25, 0.3) is 0 Å². The van der Waals surface area contributed by atoms with Gasteiger partial charge in [-0.3, -0.25) is 15.5 Å². The zero-order valence-corrected chi connectivity index (χ0v) is 15.4. The molecule has 0 aliphatic carbocycles. The van der Waals surface area contributed by atoms with Gasteiger partial charge in [-0.25, -0.2) is 5.43 Å². The Hall–Kier alpha value is -1.00. The molecule has 0 saturated carbocycles. The topological polar surface area (TPSA) is 98.5 Å². The molecule has 142 valence electrons. The lowest BCUT2D eigenvalue weighted by atomic mass is 9.87. The van der Waals surface area contributed by atoms with Crippen LogP contribution in [0.1, 0.15) is 32.1 Å². The van der Waals surface area contributed by atoms with E-state index < -0.39 is 0 Å². The van der Waals surface area contributed by atoms with Crippen LogP contribution in [-0.2, 0) is 9.53 Å². The molecule has 0 spiro atoms. The first kappa shape index (κ1) is 18.8. The summed E-state index contributed by atoms with van der Waals surface area (Å²) < 4.78 is 5.56. The zero-order chi connectivity index (χ0) is 17.5. The third-order valence-corrected chi connectivity index (χ3v) is 5.36. The monoisotopic (exact) mass is 370 g/mol. The predicted octanol–water partition coefficient (Wildman–Crippen LogP) is -1.06. The number of piperidine rings is 1. The SMILES string of the molecule is O=C1NNC(NCCCNC(=S)NCC2CCCO2)C2NCCCC12. The molecule has 25 heavy (non-hydrogen) atoms. The molecule has 3 fully saturated rings. The van der Waals surface area contributed by atoms with E-state index in [4.69, 9.17) is 17.0 Å². The van der Waals surface area contributed by atoms with Gasteiger partial charge < -0.3 is 20.7 Å². The fourth-order valence-corrected chi connectivity index (χ4v) is 3.87. The summed E-state index contributed by atoms with van der Waals surface area (Å²) in [5, 5.41) is 14.1. The molecule has 0 bridgehead atoms. The van der Waals surface area contributed by atoms with Crippen LogP contribution in [0.3, 0.4) is 0 Å². The van der Waals surface area contributed by atoms with Gasteiger partial charge in [0.2, 0.25) is 5.91 Å². The minimum atomic E-state index is 0.0557. The van der Waals surface area contributed by atoms with Crippen LogP contribution in [0, 0.1) is 5.92 Å². The first-order valence-electron chi connectivity index (χ1n) is 9.39. The van der Waals surface area contributed by atoms with Crippen LogP contribution in [0.25, 0.3) is 0 Å². The van der Waals surface area contributed by atoms with Gasteiger partial charge in [-0.05, 0) is 57.4 Å². The van der Waals surface area contributed by atoms with E-state index in [1.165, 1.54) is 0 Å². The smallest absolute Gasteiger partial charge is 0.238 e. The number of thiocarbonyl (C=S) groups is 1. The van der Waals surface area contributed by atoms with E-state index in [-0.39, 0.29) is 24.0 Å². The number of hydrazine groups is 1. The summed E-state index contributed by atoms with van der Waals surface area (Å²) in [6.45, 7) is 4.28. The van der Waals surface area contributed by atoms with Crippen LogP contribution in [-0.4, -0.2) is 62.1 Å². The van der Waals surface area contributed by atoms with Crippen LogP contribution in [0.4, 0.5) is 0 Å². The van der Waals surface area contributed by atoms with Crippen molar-refractivity contribution < 1.29 is 9.53 Å². The maximum absolute atomic E-state index is 11.9. The highest BCUT2D eigenvalue weighted by atomic mass is 32.1. The number of ether oxygens (including phenoxy) is 1. The standard InChI is InChI=1S/C16H30N6O2S/c23-15-12-5-1-6-17-13(12)14(21-22-15)18-7-3-8-19-16(25)20-10-11-4-2-9-24-11/h11-14,17-18,21H,1-10H2,(H,22,23)(H2,19,20,25). The molecule has 8 nitrogen and oxygen atoms in total. The van der Waals surface area contributed by atoms with Crippen molar-refractivity contribution in [3.05, 3.63) is 0 Å². The molecule has 3 heterocycles. The molecule has 9 heteroatoms. The van der Waals surface area contributed by atoms with Gasteiger partial charge in [0.15, 0.2) is 5.11 Å². The van der Waals surface area contributed by atoms with Crippen molar-refractivity contribution in [1.82, 2.24) is 32.1 Å². The molecule has 0 aromatic rings. The van der Waals surface area contributed by atoms with E-state index in [9.17, 15) is 4.79 Å². The zero-order valence-electron chi connectivity index (χ0n) is 14.6. The van der Waals surface area contributed by atoms with E-state index in [0.29, 0.717) is 11.2 Å². The summed E-state index contributed by atoms with van der Waals surface area (Å²) in [6, 6.07) is 0.157. The van der Waals surface area contributed by atoms with Crippen molar-refractivity contribution >= 4 is 23.2 Å². The van der Waals surface area contributed by atoms with E-state index in [1.807, 2.05) is 0 Å². The first-order valence-corrected chi connectivity index (χ1v) is 9.80. The average molecular weight is 371 g/mol. The molecule has 4 unspecified atom stereocenters. The Balaban J connectivity index is 1.26. The Morgan fingerprint density at radius 3 is 3.00 bits per heavy atom. The Morgan fingerprint density at radius 1 is 1.24 bits per heavy atom. The van der Waals surface area contributed by atoms with Gasteiger partial charge in [0, 0.05) is 25.7 Å². The van der Waals surface area contributed by atoms with E-state index in [2.05, 4.69) is 32.1 Å². The van der Waals surface area contributed by atoms with Crippen LogP contribution in [0.5, 0.6) is 0 Å².